The minimum atomic E-state index is -0.584. The first-order valence-electron chi connectivity index (χ1n) is 7.01. The molecule has 7 nitrogen and oxygen atoms in total. The van der Waals surface area contributed by atoms with Crippen LogP contribution in [0, 0.1) is 6.92 Å². The van der Waals surface area contributed by atoms with Crippen molar-refractivity contribution in [3.8, 4) is 0 Å². The maximum Gasteiger partial charge on any atom is 0.356 e. The fourth-order valence-electron chi connectivity index (χ4n) is 2.23. The lowest BCUT2D eigenvalue weighted by atomic mass is 10.2. The maximum absolute atomic E-state index is 12.5. The van der Waals surface area contributed by atoms with Gasteiger partial charge < -0.3 is 10.1 Å². The fourth-order valence-corrected chi connectivity index (χ4v) is 2.42. The van der Waals surface area contributed by atoms with Crippen LogP contribution in [-0.4, -0.2) is 33.6 Å². The van der Waals surface area contributed by atoms with E-state index in [0.717, 1.165) is 0 Å². The number of esters is 1. The van der Waals surface area contributed by atoms with Gasteiger partial charge in [0, 0.05) is 5.69 Å². The molecule has 122 valence electrons. The molecule has 1 amide bonds. The summed E-state index contributed by atoms with van der Waals surface area (Å²) in [5, 5.41) is 7.26. The number of carbonyl (C=O) groups excluding carboxylic acids is 2. The van der Waals surface area contributed by atoms with Gasteiger partial charge in [0.15, 0.2) is 11.3 Å². The Balaban J connectivity index is 2.03. The first kappa shape index (κ1) is 15.9. The number of carbonyl (C=O) groups is 2. The summed E-state index contributed by atoms with van der Waals surface area (Å²) in [5.74, 6) is -1.01. The van der Waals surface area contributed by atoms with Gasteiger partial charge in [-0.05, 0) is 25.1 Å². The molecule has 3 rings (SSSR count). The highest BCUT2D eigenvalue weighted by Crippen LogP contribution is 2.22. The van der Waals surface area contributed by atoms with Crippen LogP contribution in [0.15, 0.2) is 36.5 Å². The largest absolute Gasteiger partial charge is 0.464 e. The van der Waals surface area contributed by atoms with Crippen molar-refractivity contribution in [2.24, 2.45) is 0 Å². The van der Waals surface area contributed by atoms with Crippen LogP contribution in [0.4, 0.5) is 5.69 Å². The monoisotopic (exact) mass is 344 g/mol. The minimum Gasteiger partial charge on any atom is -0.464 e. The molecule has 0 radical (unpaired) electrons. The molecule has 0 aliphatic rings. The maximum atomic E-state index is 12.5. The number of hydrogen-bond acceptors (Lipinski definition) is 5. The Bertz CT molecular complexity index is 952. The Kier molecular flexibility index (Phi) is 4.18. The number of nitrogens with one attached hydrogen (secondary N) is 1. The molecule has 1 aromatic carbocycles. The van der Waals surface area contributed by atoms with E-state index in [0.29, 0.717) is 16.4 Å². The SMILES string of the molecule is COC(=O)c1cc(C)n2ncc(C(=O)Nc3ccccc3Cl)c2n1. The first-order chi connectivity index (χ1) is 11.5. The summed E-state index contributed by atoms with van der Waals surface area (Å²) in [5.41, 5.74) is 1.72. The number of halogens is 1. The Morgan fingerprint density at radius 3 is 2.75 bits per heavy atom. The van der Waals surface area contributed by atoms with Gasteiger partial charge in [0.2, 0.25) is 0 Å². The van der Waals surface area contributed by atoms with Crippen molar-refractivity contribution in [1.82, 2.24) is 14.6 Å². The first-order valence-corrected chi connectivity index (χ1v) is 7.38. The van der Waals surface area contributed by atoms with Crippen LogP contribution in [0.3, 0.4) is 0 Å². The Morgan fingerprint density at radius 2 is 2.04 bits per heavy atom. The number of ether oxygens (including phenoxy) is 1. The zero-order valence-electron chi connectivity index (χ0n) is 12.9. The van der Waals surface area contributed by atoms with Crippen molar-refractivity contribution in [1.29, 1.82) is 0 Å². The average Bonchev–Trinajstić information content (AvgIpc) is 3.00. The molecule has 0 spiro atoms. The molecule has 0 bridgehead atoms. The van der Waals surface area contributed by atoms with Gasteiger partial charge in [-0.15, -0.1) is 0 Å². The van der Waals surface area contributed by atoms with Gasteiger partial charge in [-0.2, -0.15) is 5.10 Å². The number of fused-ring (bicyclic) bond motifs is 1. The highest BCUT2D eigenvalue weighted by molar-refractivity contribution is 6.34. The van der Waals surface area contributed by atoms with E-state index in [1.54, 1.807) is 37.3 Å². The molecule has 1 N–H and O–H groups in total. The number of aryl methyl sites for hydroxylation is 1. The van der Waals surface area contributed by atoms with E-state index in [1.807, 2.05) is 0 Å². The fraction of sp³-hybridized carbons (Fsp3) is 0.125. The summed E-state index contributed by atoms with van der Waals surface area (Å²) in [6, 6.07) is 8.42. The molecule has 0 unspecified atom stereocenters. The predicted molar refractivity (Wildman–Crippen MR) is 88.5 cm³/mol. The zero-order valence-corrected chi connectivity index (χ0v) is 13.7. The molecule has 24 heavy (non-hydrogen) atoms. The van der Waals surface area contributed by atoms with Gasteiger partial charge in [-0.1, -0.05) is 23.7 Å². The van der Waals surface area contributed by atoms with Crippen molar-refractivity contribution in [2.75, 3.05) is 12.4 Å². The number of methoxy groups -OCH3 is 1. The number of aromatic nitrogens is 3. The molecule has 0 aliphatic carbocycles. The third-order valence-electron chi connectivity index (χ3n) is 3.41. The van der Waals surface area contributed by atoms with E-state index >= 15 is 0 Å². The third-order valence-corrected chi connectivity index (χ3v) is 3.74. The third kappa shape index (κ3) is 2.81. The summed E-state index contributed by atoms with van der Waals surface area (Å²) < 4.78 is 6.16. The molecule has 2 heterocycles. The van der Waals surface area contributed by atoms with E-state index in [-0.39, 0.29) is 16.9 Å². The van der Waals surface area contributed by atoms with Gasteiger partial charge in [-0.3, -0.25) is 4.79 Å². The van der Waals surface area contributed by atoms with Crippen LogP contribution in [0.1, 0.15) is 26.5 Å². The number of amides is 1. The van der Waals surface area contributed by atoms with Gasteiger partial charge in [0.1, 0.15) is 5.56 Å². The second-order valence-electron chi connectivity index (χ2n) is 5.00. The quantitative estimate of drug-likeness (QED) is 0.738. The molecule has 3 aromatic rings. The van der Waals surface area contributed by atoms with E-state index < -0.39 is 11.9 Å². The lowest BCUT2D eigenvalue weighted by Gasteiger charge is -2.07. The van der Waals surface area contributed by atoms with Crippen LogP contribution in [0.25, 0.3) is 5.65 Å². The number of nitrogens with zero attached hydrogens (tertiary/aromatic N) is 3. The van der Waals surface area contributed by atoms with Crippen molar-refractivity contribution < 1.29 is 14.3 Å². The van der Waals surface area contributed by atoms with E-state index in [2.05, 4.69) is 20.1 Å². The zero-order chi connectivity index (χ0) is 17.3. The van der Waals surface area contributed by atoms with Gasteiger partial charge in [-0.25, -0.2) is 14.3 Å². The highest BCUT2D eigenvalue weighted by Gasteiger charge is 2.19. The topological polar surface area (TPSA) is 85.6 Å². The summed E-state index contributed by atoms with van der Waals surface area (Å²) in [6.45, 7) is 1.75. The number of hydrogen-bond donors (Lipinski definition) is 1. The molecule has 0 aliphatic heterocycles. The highest BCUT2D eigenvalue weighted by atomic mass is 35.5. The molecular weight excluding hydrogens is 332 g/mol. The van der Waals surface area contributed by atoms with E-state index in [9.17, 15) is 9.59 Å². The van der Waals surface area contributed by atoms with Gasteiger partial charge in [0.05, 0.1) is 24.0 Å². The Hall–Kier alpha value is -2.93. The lowest BCUT2D eigenvalue weighted by molar-refractivity contribution is 0.0593. The summed E-state index contributed by atoms with van der Waals surface area (Å²) in [6.07, 6.45) is 1.39. The number of rotatable bonds is 3. The Labute approximate surface area is 142 Å². The lowest BCUT2D eigenvalue weighted by Crippen LogP contribution is -2.14. The summed E-state index contributed by atoms with van der Waals surface area (Å²) in [7, 11) is 1.27. The van der Waals surface area contributed by atoms with Crippen LogP contribution in [0.5, 0.6) is 0 Å². The van der Waals surface area contributed by atoms with Crippen LogP contribution < -0.4 is 5.32 Å². The van der Waals surface area contributed by atoms with Gasteiger partial charge in [0.25, 0.3) is 5.91 Å². The average molecular weight is 345 g/mol. The van der Waals surface area contributed by atoms with Crippen molar-refractivity contribution in [3.05, 3.63) is 58.5 Å². The number of para-hydroxylation sites is 1. The number of benzene rings is 1. The predicted octanol–water partition coefficient (Wildman–Crippen LogP) is 2.73. The molecule has 2 aromatic heterocycles. The van der Waals surface area contributed by atoms with Crippen molar-refractivity contribution in [3.63, 3.8) is 0 Å². The van der Waals surface area contributed by atoms with Crippen LogP contribution in [-0.2, 0) is 4.74 Å². The minimum absolute atomic E-state index is 0.106. The van der Waals surface area contributed by atoms with Crippen molar-refractivity contribution >= 4 is 34.8 Å². The molecule has 0 fully saturated rings. The molecular formula is C16H13ClN4O3. The smallest absolute Gasteiger partial charge is 0.356 e. The second kappa shape index (κ2) is 6.29. The van der Waals surface area contributed by atoms with E-state index in [1.165, 1.54) is 17.8 Å². The van der Waals surface area contributed by atoms with Crippen molar-refractivity contribution in [2.45, 2.75) is 6.92 Å². The van der Waals surface area contributed by atoms with Gasteiger partial charge >= 0.3 is 5.97 Å². The molecule has 8 heteroatoms. The molecule has 0 saturated carbocycles. The standard InChI is InChI=1S/C16H13ClN4O3/c1-9-7-13(16(23)24-2)19-14-10(8-18-21(9)14)15(22)20-12-6-4-3-5-11(12)17/h3-8H,1-2H3,(H,20,22). The summed E-state index contributed by atoms with van der Waals surface area (Å²) in [4.78, 5) is 28.4. The van der Waals surface area contributed by atoms with E-state index in [4.69, 9.17) is 11.6 Å². The van der Waals surface area contributed by atoms with Crippen LogP contribution in [0.2, 0.25) is 5.02 Å². The van der Waals surface area contributed by atoms with Crippen LogP contribution >= 0.6 is 11.6 Å². The molecule has 0 saturated heterocycles. The molecule has 0 atom stereocenters. The summed E-state index contributed by atoms with van der Waals surface area (Å²) >= 11 is 6.05. The Morgan fingerprint density at radius 1 is 1.29 bits per heavy atom. The normalized spacial score (nSPS) is 10.6. The number of anilines is 1. The second-order valence-corrected chi connectivity index (χ2v) is 5.41.